The van der Waals surface area contributed by atoms with Crippen molar-refractivity contribution >= 4 is 7.26 Å². The van der Waals surface area contributed by atoms with Gasteiger partial charge in [-0.25, -0.2) is 0 Å². The summed E-state index contributed by atoms with van der Waals surface area (Å²) in [7, 11) is -1.38. The molecule has 0 fully saturated rings. The van der Waals surface area contributed by atoms with Crippen LogP contribution in [0.15, 0.2) is 48.6 Å². The van der Waals surface area contributed by atoms with E-state index in [1.807, 2.05) is 0 Å². The van der Waals surface area contributed by atoms with E-state index in [0.717, 1.165) is 0 Å². The topological polar surface area (TPSA) is 0 Å². The van der Waals surface area contributed by atoms with Crippen LogP contribution < -0.4 is 0 Å². The van der Waals surface area contributed by atoms with E-state index in [4.69, 9.17) is 0 Å². The maximum absolute atomic E-state index is 2.54. The molecule has 170 valence electrons. The van der Waals surface area contributed by atoms with Crippen LogP contribution in [-0.2, 0) is 0 Å². The van der Waals surface area contributed by atoms with Crippen molar-refractivity contribution in [1.82, 2.24) is 0 Å². The Kier molecular flexibility index (Phi) is 21.6. The minimum atomic E-state index is -1.38. The summed E-state index contributed by atoms with van der Waals surface area (Å²) in [5.74, 6) is 0. The summed E-state index contributed by atoms with van der Waals surface area (Å²) in [5.41, 5.74) is 0. The van der Waals surface area contributed by atoms with Gasteiger partial charge in [-0.15, -0.1) is 0 Å². The van der Waals surface area contributed by atoms with Crippen molar-refractivity contribution in [3.05, 3.63) is 48.6 Å². The molecule has 0 unspecified atom stereocenters. The maximum atomic E-state index is 2.54. The summed E-state index contributed by atoms with van der Waals surface area (Å²) in [5, 5.41) is 0. The minimum absolute atomic E-state index is 1.26. The predicted molar refractivity (Wildman–Crippen MR) is 142 cm³/mol. The van der Waals surface area contributed by atoms with Gasteiger partial charge in [-0.2, -0.15) is 0 Å². The van der Waals surface area contributed by atoms with Gasteiger partial charge >= 0.3 is 185 Å². The van der Waals surface area contributed by atoms with Crippen LogP contribution >= 0.6 is 7.26 Å². The third-order valence-electron chi connectivity index (χ3n) is 5.77. The monoisotopic (exact) mass is 420 g/mol. The van der Waals surface area contributed by atoms with Gasteiger partial charge in [0.2, 0.25) is 0 Å². The first-order chi connectivity index (χ1) is 14.2. The molecule has 0 aliphatic carbocycles. The van der Waals surface area contributed by atoms with Crippen LogP contribution in [0.5, 0.6) is 0 Å². The molecule has 0 nitrogen and oxygen atoms in total. The molecule has 0 aromatic carbocycles. The van der Waals surface area contributed by atoms with E-state index in [0.29, 0.717) is 0 Å². The molecule has 1 heteroatoms. The van der Waals surface area contributed by atoms with E-state index < -0.39 is 7.26 Å². The van der Waals surface area contributed by atoms with E-state index >= 15 is 0 Å². The average molecular weight is 421 g/mol. The summed E-state index contributed by atoms with van der Waals surface area (Å²) in [6.45, 7) is 9.15. The Labute approximate surface area is 185 Å². The Bertz CT molecular complexity index is 356. The van der Waals surface area contributed by atoms with Crippen LogP contribution in [0, 0.1) is 0 Å². The van der Waals surface area contributed by atoms with Crippen molar-refractivity contribution in [1.29, 1.82) is 0 Å². The van der Waals surface area contributed by atoms with E-state index in [-0.39, 0.29) is 0 Å². The Morgan fingerprint density at radius 1 is 0.379 bits per heavy atom. The van der Waals surface area contributed by atoms with E-state index in [1.54, 1.807) is 0 Å². The molecule has 0 saturated heterocycles. The fourth-order valence-electron chi connectivity index (χ4n) is 3.59. The Morgan fingerprint density at radius 3 is 0.828 bits per heavy atom. The molecule has 0 aromatic rings. The van der Waals surface area contributed by atoms with Gasteiger partial charge in [0.15, 0.2) is 0 Å². The Balaban J connectivity index is 5.15. The molecule has 0 rings (SSSR count). The number of unbranched alkanes of at least 4 members (excludes halogenated alkanes) is 8. The van der Waals surface area contributed by atoms with Crippen LogP contribution in [0.25, 0.3) is 0 Å². The van der Waals surface area contributed by atoms with E-state index in [1.165, 1.54) is 102 Å². The SMILES string of the molecule is CCCCC=CC[PH](CC=CCCCC)(CC=CCCCC)CC=CCCCC. The summed E-state index contributed by atoms with van der Waals surface area (Å²) >= 11 is 0. The first kappa shape index (κ1) is 28.4. The zero-order valence-electron chi connectivity index (χ0n) is 20.4. The molecule has 0 heterocycles. The fourth-order valence-corrected chi connectivity index (χ4v) is 7.26. The van der Waals surface area contributed by atoms with Crippen LogP contribution in [0.3, 0.4) is 0 Å². The molecule has 0 aliphatic rings. The van der Waals surface area contributed by atoms with Gasteiger partial charge in [0, 0.05) is 0 Å². The number of allylic oxidation sites excluding steroid dienone is 8. The van der Waals surface area contributed by atoms with Crippen molar-refractivity contribution in [3.8, 4) is 0 Å². The second-order valence-corrected chi connectivity index (χ2v) is 13.4. The molecule has 0 saturated carbocycles. The molecular weight excluding hydrogens is 367 g/mol. The normalized spacial score (nSPS) is 13.7. The van der Waals surface area contributed by atoms with Crippen LogP contribution in [0.1, 0.15) is 105 Å². The van der Waals surface area contributed by atoms with Crippen LogP contribution in [0.2, 0.25) is 0 Å². The zero-order chi connectivity index (χ0) is 21.5. The third-order valence-corrected chi connectivity index (χ3v) is 10.2. The first-order valence-corrected chi connectivity index (χ1v) is 15.7. The van der Waals surface area contributed by atoms with Gasteiger partial charge in [0.25, 0.3) is 0 Å². The second-order valence-electron chi connectivity index (χ2n) is 8.77. The van der Waals surface area contributed by atoms with Gasteiger partial charge in [0.1, 0.15) is 0 Å². The molecule has 29 heavy (non-hydrogen) atoms. The summed E-state index contributed by atoms with van der Waals surface area (Å²) in [6.07, 6.45) is 40.9. The van der Waals surface area contributed by atoms with E-state index in [9.17, 15) is 0 Å². The van der Waals surface area contributed by atoms with Gasteiger partial charge in [0.05, 0.1) is 0 Å². The molecule has 0 atom stereocenters. The van der Waals surface area contributed by atoms with Gasteiger partial charge in [-0.3, -0.25) is 0 Å². The van der Waals surface area contributed by atoms with E-state index in [2.05, 4.69) is 76.3 Å². The molecule has 0 bridgehead atoms. The first-order valence-electron chi connectivity index (χ1n) is 12.8. The molecule has 0 radical (unpaired) electrons. The fraction of sp³-hybridized carbons (Fsp3) is 0.714. The van der Waals surface area contributed by atoms with Gasteiger partial charge < -0.3 is 0 Å². The third kappa shape index (κ3) is 17.9. The van der Waals surface area contributed by atoms with Crippen molar-refractivity contribution < 1.29 is 0 Å². The summed E-state index contributed by atoms with van der Waals surface area (Å²) in [6, 6.07) is 0. The van der Waals surface area contributed by atoms with Crippen LogP contribution in [0.4, 0.5) is 0 Å². The zero-order valence-corrected chi connectivity index (χ0v) is 21.4. The predicted octanol–water partition coefficient (Wildman–Crippen LogP) is 9.72. The number of hydrogen-bond acceptors (Lipinski definition) is 0. The van der Waals surface area contributed by atoms with Crippen molar-refractivity contribution in [2.75, 3.05) is 24.6 Å². The molecule has 0 aliphatic heterocycles. The molecule has 0 spiro atoms. The Hall–Kier alpha value is -0.610. The molecule has 0 aromatic heterocycles. The molecule has 0 amide bonds. The number of rotatable bonds is 20. The van der Waals surface area contributed by atoms with Gasteiger partial charge in [-0.1, -0.05) is 0 Å². The van der Waals surface area contributed by atoms with Gasteiger partial charge in [-0.05, 0) is 0 Å². The average Bonchev–Trinajstić information content (AvgIpc) is 2.73. The second kappa shape index (κ2) is 22.1. The molecular formula is C28H53P. The standard InChI is InChI=1S/C28H53P/c1-5-9-13-17-21-25-29(26-22-18-14-10-6-2,27-23-19-15-11-7-3)28-24-20-16-12-8-4/h17-24,29H,5-16,25-28H2,1-4H3. The number of hydrogen-bond donors (Lipinski definition) is 0. The van der Waals surface area contributed by atoms with Crippen molar-refractivity contribution in [3.63, 3.8) is 0 Å². The van der Waals surface area contributed by atoms with Crippen molar-refractivity contribution in [2.24, 2.45) is 0 Å². The summed E-state index contributed by atoms with van der Waals surface area (Å²) in [4.78, 5) is 0. The summed E-state index contributed by atoms with van der Waals surface area (Å²) < 4.78 is 0. The quantitative estimate of drug-likeness (QED) is 0.104. The molecule has 0 N–H and O–H groups in total. The van der Waals surface area contributed by atoms with Crippen molar-refractivity contribution in [2.45, 2.75) is 105 Å². The van der Waals surface area contributed by atoms with Crippen LogP contribution in [-0.4, -0.2) is 24.6 Å². The Morgan fingerprint density at radius 2 is 0.621 bits per heavy atom.